The second-order valence-electron chi connectivity index (χ2n) is 4.79. The fourth-order valence-corrected chi connectivity index (χ4v) is 2.70. The van der Waals surface area contributed by atoms with Gasteiger partial charge in [-0.25, -0.2) is 4.39 Å². The summed E-state index contributed by atoms with van der Waals surface area (Å²) in [5.41, 5.74) is 2.07. The minimum Gasteiger partial charge on any atom is -0.494 e. The van der Waals surface area contributed by atoms with E-state index in [1.165, 1.54) is 6.07 Å². The van der Waals surface area contributed by atoms with Gasteiger partial charge in [0, 0.05) is 10.5 Å². The van der Waals surface area contributed by atoms with Crippen LogP contribution in [0.15, 0.2) is 46.9 Å². The van der Waals surface area contributed by atoms with Crippen molar-refractivity contribution in [2.24, 2.45) is 0 Å². The Bertz CT molecular complexity index is 603. The molecule has 0 bridgehead atoms. The molecular weight excluding hydrogens is 333 g/mol. The van der Waals surface area contributed by atoms with Crippen LogP contribution in [0.3, 0.4) is 0 Å². The molecular formula is C17H19BrFNO. The van der Waals surface area contributed by atoms with Gasteiger partial charge in [0.25, 0.3) is 0 Å². The van der Waals surface area contributed by atoms with Crippen molar-refractivity contribution in [3.05, 3.63) is 63.9 Å². The van der Waals surface area contributed by atoms with Crippen LogP contribution in [0, 0.1) is 5.82 Å². The average molecular weight is 352 g/mol. The molecule has 2 rings (SSSR count). The Morgan fingerprint density at radius 3 is 2.76 bits per heavy atom. The van der Waals surface area contributed by atoms with Gasteiger partial charge in [0.2, 0.25) is 0 Å². The van der Waals surface area contributed by atoms with Crippen molar-refractivity contribution < 1.29 is 9.13 Å². The predicted molar refractivity (Wildman–Crippen MR) is 87.2 cm³/mol. The Hall–Kier alpha value is -1.39. The average Bonchev–Trinajstić information content (AvgIpc) is 2.49. The number of rotatable bonds is 6. The molecule has 1 unspecified atom stereocenters. The molecule has 4 heteroatoms. The summed E-state index contributed by atoms with van der Waals surface area (Å²) in [6.45, 7) is 2.61. The first-order valence-corrected chi connectivity index (χ1v) is 7.77. The molecule has 1 N–H and O–H groups in total. The number of hydrogen-bond donors (Lipinski definition) is 1. The number of hydrogen-bond acceptors (Lipinski definition) is 2. The molecule has 0 saturated heterocycles. The minimum absolute atomic E-state index is 0.100. The lowest BCUT2D eigenvalue weighted by atomic mass is 9.99. The van der Waals surface area contributed by atoms with Crippen molar-refractivity contribution in [1.82, 2.24) is 5.32 Å². The molecule has 0 fully saturated rings. The lowest BCUT2D eigenvalue weighted by Crippen LogP contribution is -2.19. The minimum atomic E-state index is -0.217. The Balaban J connectivity index is 2.23. The number of ether oxygens (including phenoxy) is 1. The molecule has 2 aromatic rings. The third-order valence-electron chi connectivity index (χ3n) is 3.35. The standard InChI is InChI=1S/C17H19BrFNO/c1-3-21-15-6-4-5-12(10-15)17(20-2)11-13-9-14(19)7-8-16(13)18/h4-10,17,20H,3,11H2,1-2H3. The Kier molecular flexibility index (Phi) is 5.76. The van der Waals surface area contributed by atoms with Gasteiger partial charge in [-0.15, -0.1) is 0 Å². The van der Waals surface area contributed by atoms with E-state index in [1.54, 1.807) is 12.1 Å². The van der Waals surface area contributed by atoms with Crippen molar-refractivity contribution in [3.8, 4) is 5.75 Å². The molecule has 21 heavy (non-hydrogen) atoms. The van der Waals surface area contributed by atoms with Crippen LogP contribution < -0.4 is 10.1 Å². The highest BCUT2D eigenvalue weighted by Gasteiger charge is 2.13. The van der Waals surface area contributed by atoms with Crippen LogP contribution in [0.4, 0.5) is 4.39 Å². The van der Waals surface area contributed by atoms with Gasteiger partial charge < -0.3 is 10.1 Å². The fraction of sp³-hybridized carbons (Fsp3) is 0.294. The van der Waals surface area contributed by atoms with Crippen LogP contribution in [-0.2, 0) is 6.42 Å². The van der Waals surface area contributed by atoms with E-state index in [-0.39, 0.29) is 11.9 Å². The van der Waals surface area contributed by atoms with Gasteiger partial charge in [-0.3, -0.25) is 0 Å². The highest BCUT2D eigenvalue weighted by atomic mass is 79.9. The molecule has 0 aliphatic heterocycles. The van der Waals surface area contributed by atoms with Gasteiger partial charge in [0.15, 0.2) is 0 Å². The zero-order chi connectivity index (χ0) is 15.2. The van der Waals surface area contributed by atoms with E-state index in [0.29, 0.717) is 13.0 Å². The SMILES string of the molecule is CCOc1cccc(C(Cc2cc(F)ccc2Br)NC)c1. The molecule has 0 spiro atoms. The topological polar surface area (TPSA) is 21.3 Å². The molecule has 2 aromatic carbocycles. The van der Waals surface area contributed by atoms with E-state index in [1.807, 2.05) is 32.2 Å². The van der Waals surface area contributed by atoms with Gasteiger partial charge in [0.1, 0.15) is 11.6 Å². The lowest BCUT2D eigenvalue weighted by Gasteiger charge is -2.18. The molecule has 0 radical (unpaired) electrons. The largest absolute Gasteiger partial charge is 0.494 e. The van der Waals surface area contributed by atoms with E-state index < -0.39 is 0 Å². The summed E-state index contributed by atoms with van der Waals surface area (Å²) in [6, 6.07) is 12.9. The summed E-state index contributed by atoms with van der Waals surface area (Å²) in [5.74, 6) is 0.639. The van der Waals surface area contributed by atoms with Crippen LogP contribution in [0.5, 0.6) is 5.75 Å². The molecule has 0 aliphatic rings. The highest BCUT2D eigenvalue weighted by Crippen LogP contribution is 2.26. The molecule has 1 atom stereocenters. The van der Waals surface area contributed by atoms with Crippen LogP contribution >= 0.6 is 15.9 Å². The van der Waals surface area contributed by atoms with Crippen LogP contribution in [-0.4, -0.2) is 13.7 Å². The van der Waals surface area contributed by atoms with E-state index in [4.69, 9.17) is 4.74 Å². The molecule has 0 aromatic heterocycles. The molecule has 0 amide bonds. The molecule has 2 nitrogen and oxygen atoms in total. The van der Waals surface area contributed by atoms with Crippen LogP contribution in [0.2, 0.25) is 0 Å². The highest BCUT2D eigenvalue weighted by molar-refractivity contribution is 9.10. The Morgan fingerprint density at radius 1 is 1.24 bits per heavy atom. The molecule has 112 valence electrons. The van der Waals surface area contributed by atoms with Gasteiger partial charge in [0.05, 0.1) is 6.61 Å². The van der Waals surface area contributed by atoms with Crippen molar-refractivity contribution in [2.75, 3.05) is 13.7 Å². The summed E-state index contributed by atoms with van der Waals surface area (Å²) >= 11 is 3.48. The third kappa shape index (κ3) is 4.29. The van der Waals surface area contributed by atoms with Gasteiger partial charge in [-0.05, 0) is 61.9 Å². The first-order valence-electron chi connectivity index (χ1n) is 6.98. The Labute approximate surface area is 133 Å². The monoisotopic (exact) mass is 351 g/mol. The van der Waals surface area contributed by atoms with E-state index in [9.17, 15) is 4.39 Å². The van der Waals surface area contributed by atoms with Crippen molar-refractivity contribution in [3.63, 3.8) is 0 Å². The second kappa shape index (κ2) is 7.57. The fourth-order valence-electron chi connectivity index (χ4n) is 2.29. The van der Waals surface area contributed by atoms with Crippen molar-refractivity contribution >= 4 is 15.9 Å². The predicted octanol–water partition coefficient (Wildman–Crippen LogP) is 4.49. The maximum Gasteiger partial charge on any atom is 0.123 e. The van der Waals surface area contributed by atoms with E-state index in [0.717, 1.165) is 21.3 Å². The summed E-state index contributed by atoms with van der Waals surface area (Å²) in [7, 11) is 1.91. The zero-order valence-electron chi connectivity index (χ0n) is 12.2. The number of halogens is 2. The zero-order valence-corrected chi connectivity index (χ0v) is 13.8. The first-order chi connectivity index (χ1) is 10.1. The van der Waals surface area contributed by atoms with E-state index in [2.05, 4.69) is 27.3 Å². The van der Waals surface area contributed by atoms with Gasteiger partial charge >= 0.3 is 0 Å². The second-order valence-corrected chi connectivity index (χ2v) is 5.64. The number of likely N-dealkylation sites (N-methyl/N-ethyl adjacent to an activating group) is 1. The normalized spacial score (nSPS) is 12.2. The Morgan fingerprint density at radius 2 is 2.05 bits per heavy atom. The van der Waals surface area contributed by atoms with Gasteiger partial charge in [-0.1, -0.05) is 28.1 Å². The van der Waals surface area contributed by atoms with Crippen LogP contribution in [0.25, 0.3) is 0 Å². The maximum absolute atomic E-state index is 13.4. The summed E-state index contributed by atoms with van der Waals surface area (Å²) < 4.78 is 19.9. The smallest absolute Gasteiger partial charge is 0.123 e. The number of nitrogens with one attached hydrogen (secondary N) is 1. The molecule has 0 saturated carbocycles. The third-order valence-corrected chi connectivity index (χ3v) is 4.13. The quantitative estimate of drug-likeness (QED) is 0.827. The summed E-state index contributed by atoms with van der Waals surface area (Å²) in [5, 5.41) is 3.28. The number of benzene rings is 2. The summed E-state index contributed by atoms with van der Waals surface area (Å²) in [6.07, 6.45) is 0.699. The lowest BCUT2D eigenvalue weighted by molar-refractivity contribution is 0.339. The first kappa shape index (κ1) is 16.0. The van der Waals surface area contributed by atoms with Crippen molar-refractivity contribution in [2.45, 2.75) is 19.4 Å². The summed E-state index contributed by atoms with van der Waals surface area (Å²) in [4.78, 5) is 0. The maximum atomic E-state index is 13.4. The van der Waals surface area contributed by atoms with Gasteiger partial charge in [-0.2, -0.15) is 0 Å². The van der Waals surface area contributed by atoms with E-state index >= 15 is 0 Å². The van der Waals surface area contributed by atoms with Crippen LogP contribution in [0.1, 0.15) is 24.1 Å². The molecule has 0 aliphatic carbocycles. The molecule has 0 heterocycles. The van der Waals surface area contributed by atoms with Crippen molar-refractivity contribution in [1.29, 1.82) is 0 Å².